The zero-order chi connectivity index (χ0) is 18.8. The Bertz CT molecular complexity index is 707. The van der Waals surface area contributed by atoms with E-state index in [0.717, 1.165) is 11.1 Å². The molecule has 2 rings (SSSR count). The maximum Gasteiger partial charge on any atom is 0.220 e. The summed E-state index contributed by atoms with van der Waals surface area (Å²) >= 11 is 6.09. The molecular weight excluding hydrogens is 356 g/mol. The van der Waals surface area contributed by atoms with Crippen molar-refractivity contribution in [2.24, 2.45) is 0 Å². The molecule has 1 heterocycles. The summed E-state index contributed by atoms with van der Waals surface area (Å²) < 4.78 is 15.4. The number of amides is 1. The number of aryl methyl sites for hydroxylation is 1. The molecular formula is C19H23ClN2O4. The van der Waals surface area contributed by atoms with Crippen LogP contribution in [-0.2, 0) is 22.5 Å². The van der Waals surface area contributed by atoms with Crippen LogP contribution in [0.5, 0.6) is 11.6 Å². The molecule has 1 aromatic carbocycles. The van der Waals surface area contributed by atoms with Gasteiger partial charge < -0.3 is 19.5 Å². The second kappa shape index (κ2) is 10.6. The Morgan fingerprint density at radius 1 is 1.15 bits per heavy atom. The maximum absolute atomic E-state index is 12.0. The molecule has 0 aliphatic rings. The Morgan fingerprint density at radius 3 is 2.62 bits per heavy atom. The average molecular weight is 379 g/mol. The Hall–Kier alpha value is -2.31. The zero-order valence-electron chi connectivity index (χ0n) is 15.0. The summed E-state index contributed by atoms with van der Waals surface area (Å²) in [4.78, 5) is 16.2. The first-order valence-electron chi connectivity index (χ1n) is 8.28. The first kappa shape index (κ1) is 20.0. The minimum Gasteiger partial charge on any atom is -0.495 e. The van der Waals surface area contributed by atoms with Crippen LogP contribution in [0, 0.1) is 0 Å². The van der Waals surface area contributed by atoms with Crippen molar-refractivity contribution in [3.8, 4) is 11.6 Å². The van der Waals surface area contributed by atoms with E-state index in [9.17, 15) is 4.79 Å². The van der Waals surface area contributed by atoms with Crippen molar-refractivity contribution in [3.05, 3.63) is 52.7 Å². The predicted octanol–water partition coefficient (Wildman–Crippen LogP) is 3.02. The fourth-order valence-electron chi connectivity index (χ4n) is 2.24. The number of hydrogen-bond acceptors (Lipinski definition) is 5. The van der Waals surface area contributed by atoms with Crippen LogP contribution in [-0.4, -0.2) is 38.3 Å². The summed E-state index contributed by atoms with van der Waals surface area (Å²) in [5, 5.41) is 3.43. The Balaban J connectivity index is 1.73. The van der Waals surface area contributed by atoms with Crippen molar-refractivity contribution in [1.29, 1.82) is 0 Å². The van der Waals surface area contributed by atoms with E-state index < -0.39 is 0 Å². The molecule has 0 spiro atoms. The van der Waals surface area contributed by atoms with E-state index in [-0.39, 0.29) is 5.91 Å². The monoisotopic (exact) mass is 378 g/mol. The fraction of sp³-hybridized carbons (Fsp3) is 0.368. The van der Waals surface area contributed by atoms with E-state index >= 15 is 0 Å². The number of ether oxygens (including phenoxy) is 3. The molecule has 0 fully saturated rings. The molecule has 0 aliphatic heterocycles. The van der Waals surface area contributed by atoms with Crippen LogP contribution in [0.1, 0.15) is 17.5 Å². The highest BCUT2D eigenvalue weighted by Crippen LogP contribution is 2.25. The van der Waals surface area contributed by atoms with Gasteiger partial charge in [-0.15, -0.1) is 0 Å². The summed E-state index contributed by atoms with van der Waals surface area (Å²) in [5.74, 6) is 1.13. The van der Waals surface area contributed by atoms with Crippen LogP contribution < -0.4 is 14.8 Å². The number of carbonyl (C=O) groups is 1. The third kappa shape index (κ3) is 6.54. The molecule has 1 amide bonds. The van der Waals surface area contributed by atoms with Crippen LogP contribution in [0.25, 0.3) is 0 Å². The third-order valence-corrected chi connectivity index (χ3v) is 3.98. The first-order valence-corrected chi connectivity index (χ1v) is 8.66. The van der Waals surface area contributed by atoms with Crippen molar-refractivity contribution < 1.29 is 19.0 Å². The van der Waals surface area contributed by atoms with Crippen molar-refractivity contribution in [2.75, 3.05) is 27.4 Å². The van der Waals surface area contributed by atoms with Gasteiger partial charge in [-0.25, -0.2) is 4.98 Å². The van der Waals surface area contributed by atoms with Gasteiger partial charge in [-0.05, 0) is 29.7 Å². The van der Waals surface area contributed by atoms with E-state index in [0.29, 0.717) is 49.3 Å². The average Bonchev–Trinajstić information content (AvgIpc) is 2.66. The lowest BCUT2D eigenvalue weighted by Gasteiger charge is -2.08. The highest BCUT2D eigenvalue weighted by Gasteiger charge is 2.06. The molecule has 0 unspecified atom stereocenters. The third-order valence-electron chi connectivity index (χ3n) is 3.68. The van der Waals surface area contributed by atoms with Gasteiger partial charge in [0.25, 0.3) is 0 Å². The summed E-state index contributed by atoms with van der Waals surface area (Å²) in [7, 11) is 3.19. The topological polar surface area (TPSA) is 69.7 Å². The molecule has 0 atom stereocenters. The van der Waals surface area contributed by atoms with Crippen molar-refractivity contribution in [2.45, 2.75) is 19.4 Å². The van der Waals surface area contributed by atoms with E-state index in [1.807, 2.05) is 18.2 Å². The molecule has 2 aromatic rings. The fourth-order valence-corrected chi connectivity index (χ4v) is 2.52. The standard InChI is InChI=1S/C19H23ClN2O4/c1-24-9-10-26-19-8-5-15(13-22-19)12-21-18(23)7-4-14-3-6-17(25-2)16(20)11-14/h3,5-6,8,11,13H,4,7,9-10,12H2,1-2H3,(H,21,23). The number of nitrogens with one attached hydrogen (secondary N) is 1. The molecule has 0 bridgehead atoms. The van der Waals surface area contributed by atoms with Gasteiger partial charge in [-0.3, -0.25) is 4.79 Å². The number of methoxy groups -OCH3 is 2. The smallest absolute Gasteiger partial charge is 0.220 e. The van der Waals surface area contributed by atoms with E-state index in [1.54, 1.807) is 32.5 Å². The number of carbonyl (C=O) groups excluding carboxylic acids is 1. The van der Waals surface area contributed by atoms with Gasteiger partial charge in [-0.1, -0.05) is 23.7 Å². The highest BCUT2D eigenvalue weighted by atomic mass is 35.5. The van der Waals surface area contributed by atoms with Gasteiger partial charge >= 0.3 is 0 Å². The van der Waals surface area contributed by atoms with Gasteiger partial charge in [0.15, 0.2) is 0 Å². The van der Waals surface area contributed by atoms with Gasteiger partial charge in [0.2, 0.25) is 11.8 Å². The van der Waals surface area contributed by atoms with Crippen LogP contribution in [0.2, 0.25) is 5.02 Å². The number of aromatic nitrogens is 1. The Kier molecular flexibility index (Phi) is 8.18. The van der Waals surface area contributed by atoms with Crippen molar-refractivity contribution >= 4 is 17.5 Å². The summed E-state index contributed by atoms with van der Waals surface area (Å²) in [6.45, 7) is 1.39. The Morgan fingerprint density at radius 2 is 1.96 bits per heavy atom. The van der Waals surface area contributed by atoms with Crippen LogP contribution in [0.4, 0.5) is 0 Å². The minimum absolute atomic E-state index is 0.0302. The van der Waals surface area contributed by atoms with Gasteiger partial charge in [0.05, 0.1) is 18.7 Å². The first-order chi connectivity index (χ1) is 12.6. The number of hydrogen-bond donors (Lipinski definition) is 1. The number of nitrogens with zero attached hydrogens (tertiary/aromatic N) is 1. The second-order valence-corrected chi connectivity index (χ2v) is 6.00. The number of pyridine rings is 1. The molecule has 140 valence electrons. The molecule has 1 aromatic heterocycles. The van der Waals surface area contributed by atoms with Crippen LogP contribution in [0.15, 0.2) is 36.5 Å². The molecule has 0 radical (unpaired) electrons. The molecule has 26 heavy (non-hydrogen) atoms. The molecule has 0 saturated heterocycles. The van der Waals surface area contributed by atoms with E-state index in [2.05, 4.69) is 10.3 Å². The van der Waals surface area contributed by atoms with Crippen LogP contribution in [0.3, 0.4) is 0 Å². The van der Waals surface area contributed by atoms with Gasteiger partial charge in [-0.2, -0.15) is 0 Å². The maximum atomic E-state index is 12.0. The lowest BCUT2D eigenvalue weighted by molar-refractivity contribution is -0.121. The lowest BCUT2D eigenvalue weighted by atomic mass is 10.1. The summed E-state index contributed by atoms with van der Waals surface area (Å²) in [6, 6.07) is 9.18. The molecule has 7 heteroatoms. The summed E-state index contributed by atoms with van der Waals surface area (Å²) in [6.07, 6.45) is 2.68. The minimum atomic E-state index is -0.0302. The predicted molar refractivity (Wildman–Crippen MR) is 99.8 cm³/mol. The quantitative estimate of drug-likeness (QED) is 0.643. The molecule has 0 saturated carbocycles. The molecule has 0 aliphatic carbocycles. The normalized spacial score (nSPS) is 10.4. The molecule has 1 N–H and O–H groups in total. The zero-order valence-corrected chi connectivity index (χ0v) is 15.7. The largest absolute Gasteiger partial charge is 0.495 e. The SMILES string of the molecule is COCCOc1ccc(CNC(=O)CCc2ccc(OC)c(Cl)c2)cn1. The van der Waals surface area contributed by atoms with Crippen LogP contribution >= 0.6 is 11.6 Å². The van der Waals surface area contributed by atoms with Crippen molar-refractivity contribution in [1.82, 2.24) is 10.3 Å². The van der Waals surface area contributed by atoms with E-state index in [1.165, 1.54) is 0 Å². The van der Waals surface area contributed by atoms with Gasteiger partial charge in [0.1, 0.15) is 12.4 Å². The second-order valence-electron chi connectivity index (χ2n) is 5.59. The van der Waals surface area contributed by atoms with Gasteiger partial charge in [0, 0.05) is 32.3 Å². The number of halogens is 1. The lowest BCUT2D eigenvalue weighted by Crippen LogP contribution is -2.23. The van der Waals surface area contributed by atoms with Crippen molar-refractivity contribution in [3.63, 3.8) is 0 Å². The number of rotatable bonds is 10. The number of benzene rings is 1. The Labute approximate surface area is 158 Å². The van der Waals surface area contributed by atoms with E-state index in [4.69, 9.17) is 25.8 Å². The molecule has 6 nitrogen and oxygen atoms in total. The highest BCUT2D eigenvalue weighted by molar-refractivity contribution is 6.32. The summed E-state index contributed by atoms with van der Waals surface area (Å²) in [5.41, 5.74) is 1.90.